The maximum atomic E-state index is 11.9. The van der Waals surface area contributed by atoms with Gasteiger partial charge in [0.2, 0.25) is 5.91 Å². The second kappa shape index (κ2) is 6.78. The number of hydrogen-bond acceptors (Lipinski definition) is 3. The number of nitrogens with two attached hydrogens (primary N) is 1. The van der Waals surface area contributed by atoms with Crippen LogP contribution in [0.3, 0.4) is 0 Å². The van der Waals surface area contributed by atoms with E-state index in [9.17, 15) is 4.79 Å². The summed E-state index contributed by atoms with van der Waals surface area (Å²) in [7, 11) is 0. The Morgan fingerprint density at radius 1 is 1.47 bits per heavy atom. The lowest BCUT2D eigenvalue weighted by Gasteiger charge is -2.22. The van der Waals surface area contributed by atoms with Crippen LogP contribution in [0.1, 0.15) is 32.1 Å². The minimum Gasteiger partial charge on any atom is -0.397 e. The van der Waals surface area contributed by atoms with Gasteiger partial charge in [0.15, 0.2) is 0 Å². The number of hydrogen-bond donors (Lipinski definition) is 2. The van der Waals surface area contributed by atoms with Crippen LogP contribution >= 0.6 is 11.6 Å². The van der Waals surface area contributed by atoms with Crippen molar-refractivity contribution in [3.05, 3.63) is 23.2 Å². The molecule has 104 valence electrons. The van der Waals surface area contributed by atoms with Crippen LogP contribution in [0, 0.1) is 0 Å². The lowest BCUT2D eigenvalue weighted by Crippen LogP contribution is -2.22. The first-order valence-corrected chi connectivity index (χ1v) is 7.00. The predicted octanol–water partition coefficient (Wildman–Crippen LogP) is 3.21. The van der Waals surface area contributed by atoms with Gasteiger partial charge in [-0.2, -0.15) is 0 Å². The Kier molecular flexibility index (Phi) is 5.05. The molecule has 1 saturated heterocycles. The molecule has 1 aromatic carbocycles. The zero-order valence-electron chi connectivity index (χ0n) is 10.8. The summed E-state index contributed by atoms with van der Waals surface area (Å²) < 4.78 is 5.60. The molecule has 0 saturated carbocycles. The van der Waals surface area contributed by atoms with E-state index in [4.69, 9.17) is 22.1 Å². The van der Waals surface area contributed by atoms with Crippen molar-refractivity contribution in [2.24, 2.45) is 0 Å². The largest absolute Gasteiger partial charge is 0.397 e. The van der Waals surface area contributed by atoms with Crippen LogP contribution < -0.4 is 11.1 Å². The van der Waals surface area contributed by atoms with Crippen molar-refractivity contribution in [2.75, 3.05) is 17.7 Å². The number of benzene rings is 1. The molecule has 5 heteroatoms. The van der Waals surface area contributed by atoms with E-state index in [2.05, 4.69) is 5.32 Å². The highest BCUT2D eigenvalue weighted by Crippen LogP contribution is 2.28. The number of rotatable bonds is 4. The van der Waals surface area contributed by atoms with E-state index in [-0.39, 0.29) is 12.0 Å². The van der Waals surface area contributed by atoms with Crippen molar-refractivity contribution >= 4 is 28.9 Å². The molecule has 0 radical (unpaired) electrons. The molecule has 0 spiro atoms. The zero-order chi connectivity index (χ0) is 13.7. The molecule has 3 N–H and O–H groups in total. The lowest BCUT2D eigenvalue weighted by atomic mass is 10.0. The van der Waals surface area contributed by atoms with Gasteiger partial charge in [-0.15, -0.1) is 0 Å². The number of carbonyl (C=O) groups excluding carboxylic acids is 1. The van der Waals surface area contributed by atoms with Crippen LogP contribution in [-0.2, 0) is 9.53 Å². The molecule has 1 amide bonds. The normalized spacial score (nSPS) is 19.1. The van der Waals surface area contributed by atoms with Crippen LogP contribution in [0.4, 0.5) is 11.4 Å². The van der Waals surface area contributed by atoms with Gasteiger partial charge in [-0.05, 0) is 37.8 Å². The zero-order valence-corrected chi connectivity index (χ0v) is 11.6. The van der Waals surface area contributed by atoms with Crippen LogP contribution in [0.15, 0.2) is 18.2 Å². The summed E-state index contributed by atoms with van der Waals surface area (Å²) in [6.07, 6.45) is 4.73. The van der Waals surface area contributed by atoms with Crippen molar-refractivity contribution in [2.45, 2.75) is 38.2 Å². The highest BCUT2D eigenvalue weighted by atomic mass is 35.5. The van der Waals surface area contributed by atoms with E-state index < -0.39 is 0 Å². The average molecular weight is 283 g/mol. The minimum atomic E-state index is -0.0750. The molecule has 19 heavy (non-hydrogen) atoms. The summed E-state index contributed by atoms with van der Waals surface area (Å²) >= 11 is 6.00. The first kappa shape index (κ1) is 14.2. The third kappa shape index (κ3) is 4.11. The van der Waals surface area contributed by atoms with Crippen LogP contribution in [0.25, 0.3) is 0 Å². The number of anilines is 2. The highest BCUT2D eigenvalue weighted by molar-refractivity contribution is 6.34. The topological polar surface area (TPSA) is 64.3 Å². The van der Waals surface area contributed by atoms with Gasteiger partial charge in [0, 0.05) is 13.0 Å². The van der Waals surface area contributed by atoms with E-state index in [1.807, 2.05) is 0 Å². The van der Waals surface area contributed by atoms with E-state index >= 15 is 0 Å². The monoisotopic (exact) mass is 282 g/mol. The molecule has 1 unspecified atom stereocenters. The molecule has 0 aromatic heterocycles. The van der Waals surface area contributed by atoms with Crippen molar-refractivity contribution in [1.29, 1.82) is 0 Å². The second-order valence-electron chi connectivity index (χ2n) is 4.78. The van der Waals surface area contributed by atoms with Crippen molar-refractivity contribution in [3.63, 3.8) is 0 Å². The van der Waals surface area contributed by atoms with Crippen LogP contribution in [0.5, 0.6) is 0 Å². The number of carbonyl (C=O) groups is 1. The number of nitrogen functional groups attached to an aromatic ring is 1. The van der Waals surface area contributed by atoms with Gasteiger partial charge >= 0.3 is 0 Å². The number of para-hydroxylation sites is 1. The van der Waals surface area contributed by atoms with E-state index in [1.54, 1.807) is 18.2 Å². The smallest absolute Gasteiger partial charge is 0.224 e. The van der Waals surface area contributed by atoms with Crippen LogP contribution in [-0.4, -0.2) is 18.6 Å². The Balaban J connectivity index is 1.83. The Hall–Kier alpha value is -1.26. The Labute approximate surface area is 118 Å². The molecule has 2 rings (SSSR count). The van der Waals surface area contributed by atoms with E-state index in [1.165, 1.54) is 6.42 Å². The van der Waals surface area contributed by atoms with Crippen molar-refractivity contribution in [3.8, 4) is 0 Å². The van der Waals surface area contributed by atoms with Crippen molar-refractivity contribution < 1.29 is 9.53 Å². The third-order valence-corrected chi connectivity index (χ3v) is 3.59. The molecule has 1 atom stereocenters. The molecule has 1 aliphatic rings. The highest BCUT2D eigenvalue weighted by Gasteiger charge is 2.16. The molecule has 1 aromatic rings. The Morgan fingerprint density at radius 2 is 2.32 bits per heavy atom. The number of nitrogens with one attached hydrogen (secondary N) is 1. The summed E-state index contributed by atoms with van der Waals surface area (Å²) in [6.45, 7) is 0.809. The minimum absolute atomic E-state index is 0.0750. The maximum Gasteiger partial charge on any atom is 0.224 e. The average Bonchev–Trinajstić information content (AvgIpc) is 2.42. The number of halogens is 1. The maximum absolute atomic E-state index is 11.9. The number of ether oxygens (including phenoxy) is 1. The Morgan fingerprint density at radius 3 is 3.00 bits per heavy atom. The molecule has 1 fully saturated rings. The summed E-state index contributed by atoms with van der Waals surface area (Å²) in [6, 6.07) is 5.17. The van der Waals surface area contributed by atoms with Gasteiger partial charge in [0.05, 0.1) is 22.5 Å². The SMILES string of the molecule is Nc1cccc(Cl)c1NC(=O)CCC1CCCCO1. The summed E-state index contributed by atoms with van der Waals surface area (Å²) in [5.74, 6) is -0.0750. The second-order valence-corrected chi connectivity index (χ2v) is 5.19. The lowest BCUT2D eigenvalue weighted by molar-refractivity contribution is -0.117. The first-order chi connectivity index (χ1) is 9.16. The quantitative estimate of drug-likeness (QED) is 0.834. The molecule has 4 nitrogen and oxygen atoms in total. The fourth-order valence-corrected chi connectivity index (χ4v) is 2.43. The van der Waals surface area contributed by atoms with Gasteiger partial charge in [-0.1, -0.05) is 17.7 Å². The molecule has 0 aliphatic carbocycles. The molecular formula is C14H19ClN2O2. The fraction of sp³-hybridized carbons (Fsp3) is 0.500. The molecule has 1 heterocycles. The van der Waals surface area contributed by atoms with E-state index in [0.29, 0.717) is 22.8 Å². The van der Waals surface area contributed by atoms with Crippen LogP contribution in [0.2, 0.25) is 5.02 Å². The van der Waals surface area contributed by atoms with Gasteiger partial charge in [0.25, 0.3) is 0 Å². The summed E-state index contributed by atoms with van der Waals surface area (Å²) in [5, 5.41) is 3.23. The molecular weight excluding hydrogens is 264 g/mol. The summed E-state index contributed by atoms with van der Waals surface area (Å²) in [5.41, 5.74) is 6.76. The van der Waals surface area contributed by atoms with Gasteiger partial charge in [0.1, 0.15) is 0 Å². The Bertz CT molecular complexity index is 425. The van der Waals surface area contributed by atoms with Gasteiger partial charge in [-0.3, -0.25) is 4.79 Å². The van der Waals surface area contributed by atoms with E-state index in [0.717, 1.165) is 25.9 Å². The van der Waals surface area contributed by atoms with Gasteiger partial charge in [-0.25, -0.2) is 0 Å². The third-order valence-electron chi connectivity index (χ3n) is 3.28. The first-order valence-electron chi connectivity index (χ1n) is 6.62. The van der Waals surface area contributed by atoms with Gasteiger partial charge < -0.3 is 15.8 Å². The fourth-order valence-electron chi connectivity index (χ4n) is 2.20. The summed E-state index contributed by atoms with van der Waals surface area (Å²) in [4.78, 5) is 11.9. The van der Waals surface area contributed by atoms with Crippen molar-refractivity contribution in [1.82, 2.24) is 0 Å². The molecule has 0 bridgehead atoms. The number of amides is 1. The predicted molar refractivity (Wildman–Crippen MR) is 77.3 cm³/mol. The standard InChI is InChI=1S/C14H19ClN2O2/c15-11-5-3-6-12(16)14(11)17-13(18)8-7-10-4-1-2-9-19-10/h3,5-6,10H,1-2,4,7-9,16H2,(H,17,18). The molecule has 1 aliphatic heterocycles.